The highest BCUT2D eigenvalue weighted by Crippen LogP contribution is 1.93. The van der Waals surface area contributed by atoms with E-state index in [4.69, 9.17) is 0 Å². The zero-order chi connectivity index (χ0) is 8.65. The molecule has 1 N–H and O–H groups in total. The van der Waals surface area contributed by atoms with Crippen LogP contribution in [0.1, 0.15) is 5.56 Å². The van der Waals surface area contributed by atoms with Gasteiger partial charge in [0.15, 0.2) is 0 Å². The maximum atomic E-state index is 9.84. The van der Waals surface area contributed by atoms with Crippen LogP contribution >= 0.6 is 0 Å². The van der Waals surface area contributed by atoms with Gasteiger partial charge in [-0.25, -0.2) is 0 Å². The monoisotopic (exact) mass is 159 g/mol. The Labute approximate surface area is 71.6 Å². The highest BCUT2D eigenvalue weighted by molar-refractivity contribution is 5.47. The van der Waals surface area contributed by atoms with E-state index >= 15 is 0 Å². The van der Waals surface area contributed by atoms with Gasteiger partial charge in [0, 0.05) is 5.56 Å². The standard InChI is InChI=1S/C10H9NO/c12-9-11-8-4-7-10-5-2-1-3-6-10/h1-3,5-6,9H,8H2,(H,11,12). The predicted molar refractivity (Wildman–Crippen MR) is 47.4 cm³/mol. The van der Waals surface area contributed by atoms with Gasteiger partial charge in [-0.1, -0.05) is 30.0 Å². The molecule has 1 aromatic carbocycles. The van der Waals surface area contributed by atoms with Gasteiger partial charge < -0.3 is 5.32 Å². The lowest BCUT2D eigenvalue weighted by atomic mass is 10.2. The lowest BCUT2D eigenvalue weighted by Crippen LogP contribution is -2.09. The minimum absolute atomic E-state index is 0.401. The van der Waals surface area contributed by atoms with E-state index in [9.17, 15) is 4.79 Å². The highest BCUT2D eigenvalue weighted by Gasteiger charge is 1.79. The molecule has 1 rings (SSSR count). The van der Waals surface area contributed by atoms with Crippen LogP contribution in [0.25, 0.3) is 0 Å². The first-order chi connectivity index (χ1) is 5.93. The molecule has 0 unspecified atom stereocenters. The van der Waals surface area contributed by atoms with Crippen LogP contribution in [-0.4, -0.2) is 13.0 Å². The van der Waals surface area contributed by atoms with Crippen molar-refractivity contribution in [3.8, 4) is 11.8 Å². The molecule has 0 aliphatic heterocycles. The number of hydrogen-bond acceptors (Lipinski definition) is 1. The topological polar surface area (TPSA) is 29.1 Å². The van der Waals surface area contributed by atoms with Crippen molar-refractivity contribution in [1.29, 1.82) is 0 Å². The van der Waals surface area contributed by atoms with Crippen LogP contribution in [-0.2, 0) is 4.79 Å². The molecule has 0 atom stereocenters. The molecule has 2 heteroatoms. The molecule has 0 saturated heterocycles. The first-order valence-electron chi connectivity index (χ1n) is 3.64. The van der Waals surface area contributed by atoms with E-state index in [1.54, 1.807) is 0 Å². The summed E-state index contributed by atoms with van der Waals surface area (Å²) in [6.45, 7) is 0.401. The fourth-order valence-electron chi connectivity index (χ4n) is 0.760. The Bertz CT molecular complexity index is 295. The van der Waals surface area contributed by atoms with Crippen molar-refractivity contribution in [2.75, 3.05) is 6.54 Å². The maximum Gasteiger partial charge on any atom is 0.207 e. The van der Waals surface area contributed by atoms with Gasteiger partial charge >= 0.3 is 0 Å². The quantitative estimate of drug-likeness (QED) is 0.385. The Morgan fingerprint density at radius 2 is 2.08 bits per heavy atom. The summed E-state index contributed by atoms with van der Waals surface area (Å²) in [4.78, 5) is 9.84. The minimum atomic E-state index is 0.401. The summed E-state index contributed by atoms with van der Waals surface area (Å²) in [7, 11) is 0. The van der Waals surface area contributed by atoms with Gasteiger partial charge in [0.2, 0.25) is 6.41 Å². The second kappa shape index (κ2) is 4.97. The maximum absolute atomic E-state index is 9.84. The van der Waals surface area contributed by atoms with Gasteiger partial charge in [-0.15, -0.1) is 0 Å². The van der Waals surface area contributed by atoms with Crippen molar-refractivity contribution < 1.29 is 4.79 Å². The number of nitrogens with one attached hydrogen (secondary N) is 1. The molecule has 0 heterocycles. The largest absolute Gasteiger partial charge is 0.348 e. The Hall–Kier alpha value is -1.75. The van der Waals surface area contributed by atoms with Crippen LogP contribution in [0.4, 0.5) is 0 Å². The minimum Gasteiger partial charge on any atom is -0.348 e. The van der Waals surface area contributed by atoms with E-state index < -0.39 is 0 Å². The van der Waals surface area contributed by atoms with Crippen molar-refractivity contribution in [2.45, 2.75) is 0 Å². The zero-order valence-electron chi connectivity index (χ0n) is 6.58. The molecule has 0 fully saturated rings. The zero-order valence-corrected chi connectivity index (χ0v) is 6.58. The van der Waals surface area contributed by atoms with Gasteiger partial charge in [-0.05, 0) is 12.1 Å². The molecule has 60 valence electrons. The van der Waals surface area contributed by atoms with E-state index in [0.717, 1.165) is 5.56 Å². The average Bonchev–Trinajstić information content (AvgIpc) is 2.14. The number of rotatable bonds is 2. The van der Waals surface area contributed by atoms with E-state index in [1.165, 1.54) is 0 Å². The number of carbonyl (C=O) groups is 1. The van der Waals surface area contributed by atoms with Crippen LogP contribution in [0, 0.1) is 11.8 Å². The third kappa shape index (κ3) is 2.89. The lowest BCUT2D eigenvalue weighted by molar-refractivity contribution is -0.109. The molecule has 0 spiro atoms. The van der Waals surface area contributed by atoms with Crippen molar-refractivity contribution in [3.63, 3.8) is 0 Å². The van der Waals surface area contributed by atoms with Crippen LogP contribution < -0.4 is 5.32 Å². The smallest absolute Gasteiger partial charge is 0.207 e. The normalized spacial score (nSPS) is 8.00. The van der Waals surface area contributed by atoms with Gasteiger partial charge in [0.1, 0.15) is 0 Å². The Morgan fingerprint density at radius 1 is 1.33 bits per heavy atom. The number of benzene rings is 1. The first-order valence-corrected chi connectivity index (χ1v) is 3.64. The summed E-state index contributed by atoms with van der Waals surface area (Å²) in [6.07, 6.45) is 0.639. The summed E-state index contributed by atoms with van der Waals surface area (Å²) in [6, 6.07) is 9.64. The van der Waals surface area contributed by atoms with Gasteiger partial charge in [0.25, 0.3) is 0 Å². The third-order valence-electron chi connectivity index (χ3n) is 1.28. The van der Waals surface area contributed by atoms with Gasteiger partial charge in [-0.3, -0.25) is 4.79 Å². The van der Waals surface area contributed by atoms with E-state index in [-0.39, 0.29) is 0 Å². The molecule has 0 radical (unpaired) electrons. The van der Waals surface area contributed by atoms with E-state index in [0.29, 0.717) is 13.0 Å². The van der Waals surface area contributed by atoms with E-state index in [1.807, 2.05) is 30.3 Å². The summed E-state index contributed by atoms with van der Waals surface area (Å²) in [5, 5.41) is 2.46. The molecule has 12 heavy (non-hydrogen) atoms. The summed E-state index contributed by atoms with van der Waals surface area (Å²) < 4.78 is 0. The Morgan fingerprint density at radius 3 is 2.75 bits per heavy atom. The molecule has 0 aliphatic carbocycles. The molecular weight excluding hydrogens is 150 g/mol. The van der Waals surface area contributed by atoms with Crippen LogP contribution in [0.2, 0.25) is 0 Å². The second-order valence-electron chi connectivity index (χ2n) is 2.17. The van der Waals surface area contributed by atoms with Crippen LogP contribution in [0.5, 0.6) is 0 Å². The Balaban J connectivity index is 2.49. The molecule has 2 nitrogen and oxygen atoms in total. The molecule has 0 aliphatic rings. The summed E-state index contributed by atoms with van der Waals surface area (Å²) in [5.41, 5.74) is 0.963. The molecular formula is C10H9NO. The number of amides is 1. The van der Waals surface area contributed by atoms with Crippen LogP contribution in [0.15, 0.2) is 30.3 Å². The summed E-state index contributed by atoms with van der Waals surface area (Å²) in [5.74, 6) is 5.72. The molecule has 0 saturated carbocycles. The number of carbonyl (C=O) groups excluding carboxylic acids is 1. The van der Waals surface area contributed by atoms with Crippen molar-refractivity contribution in [2.24, 2.45) is 0 Å². The van der Waals surface area contributed by atoms with Crippen molar-refractivity contribution in [3.05, 3.63) is 35.9 Å². The van der Waals surface area contributed by atoms with Gasteiger partial charge in [-0.2, -0.15) is 0 Å². The fourth-order valence-corrected chi connectivity index (χ4v) is 0.760. The SMILES string of the molecule is O=CNCC#Cc1ccccc1. The molecule has 1 amide bonds. The third-order valence-corrected chi connectivity index (χ3v) is 1.28. The Kier molecular flexibility index (Phi) is 3.46. The van der Waals surface area contributed by atoms with E-state index in [2.05, 4.69) is 17.2 Å². The molecule has 0 bridgehead atoms. The van der Waals surface area contributed by atoms with Crippen molar-refractivity contribution >= 4 is 6.41 Å². The summed E-state index contributed by atoms with van der Waals surface area (Å²) >= 11 is 0. The lowest BCUT2D eigenvalue weighted by Gasteiger charge is -1.86. The predicted octanol–water partition coefficient (Wildman–Crippen LogP) is 0.784. The molecule has 0 aromatic heterocycles. The second-order valence-corrected chi connectivity index (χ2v) is 2.17. The van der Waals surface area contributed by atoms with Gasteiger partial charge in [0.05, 0.1) is 6.54 Å². The fraction of sp³-hybridized carbons (Fsp3) is 0.100. The van der Waals surface area contributed by atoms with Crippen molar-refractivity contribution in [1.82, 2.24) is 5.32 Å². The molecule has 1 aromatic rings. The first kappa shape index (κ1) is 8.35. The van der Waals surface area contributed by atoms with Crippen LogP contribution in [0.3, 0.4) is 0 Å². The average molecular weight is 159 g/mol. The number of hydrogen-bond donors (Lipinski definition) is 1. The highest BCUT2D eigenvalue weighted by atomic mass is 16.1.